The van der Waals surface area contributed by atoms with Crippen molar-refractivity contribution in [3.63, 3.8) is 0 Å². The minimum absolute atomic E-state index is 0.149. The van der Waals surface area contributed by atoms with Crippen LogP contribution in [0.15, 0.2) is 24.3 Å². The molecule has 0 spiro atoms. The van der Waals surface area contributed by atoms with E-state index in [1.54, 1.807) is 6.07 Å². The van der Waals surface area contributed by atoms with Crippen molar-refractivity contribution in [2.75, 3.05) is 6.61 Å². The van der Waals surface area contributed by atoms with Gasteiger partial charge in [-0.15, -0.1) is 0 Å². The van der Waals surface area contributed by atoms with Crippen molar-refractivity contribution in [1.29, 1.82) is 0 Å². The molecule has 1 saturated carbocycles. The summed E-state index contributed by atoms with van der Waals surface area (Å²) in [6.07, 6.45) is 3.71. The van der Waals surface area contributed by atoms with E-state index in [0.717, 1.165) is 36.9 Å². The third-order valence-electron chi connectivity index (χ3n) is 4.64. The minimum atomic E-state index is -0.149. The van der Waals surface area contributed by atoms with E-state index in [-0.39, 0.29) is 18.6 Å². The van der Waals surface area contributed by atoms with Gasteiger partial charge in [-0.2, -0.15) is 0 Å². The first kappa shape index (κ1) is 17.0. The number of aromatic amines is 1. The van der Waals surface area contributed by atoms with Gasteiger partial charge in [0.05, 0.1) is 0 Å². The zero-order valence-corrected chi connectivity index (χ0v) is 14.4. The molecule has 1 aliphatic rings. The van der Waals surface area contributed by atoms with Gasteiger partial charge in [0, 0.05) is 28.9 Å². The van der Waals surface area contributed by atoms with Crippen LogP contribution in [0.1, 0.15) is 41.9 Å². The smallest absolute Gasteiger partial charge is 0.271 e. The Balaban J connectivity index is 1.70. The highest BCUT2D eigenvalue weighted by atomic mass is 35.5. The highest BCUT2D eigenvalue weighted by Gasteiger charge is 2.24. The standard InChI is InChI=1S/C18H22ClN3O2/c1-11-16(18(24)21-15-7-5-12(10-23)6-8-15)22-17(20-11)13-3-2-4-14(19)9-13/h2-4,9,12,15,23H,5-8,10H2,1H3,(H,20,22)(H,21,24). The van der Waals surface area contributed by atoms with Gasteiger partial charge >= 0.3 is 0 Å². The van der Waals surface area contributed by atoms with Gasteiger partial charge in [0.2, 0.25) is 0 Å². The number of amides is 1. The summed E-state index contributed by atoms with van der Waals surface area (Å²) in [5, 5.41) is 12.9. The van der Waals surface area contributed by atoms with E-state index >= 15 is 0 Å². The van der Waals surface area contributed by atoms with Crippen molar-refractivity contribution in [3.8, 4) is 11.4 Å². The normalized spacial score (nSPS) is 20.8. The molecule has 2 aromatic rings. The summed E-state index contributed by atoms with van der Waals surface area (Å²) in [4.78, 5) is 20.1. The quantitative estimate of drug-likeness (QED) is 0.793. The van der Waals surface area contributed by atoms with Gasteiger partial charge in [0.25, 0.3) is 5.91 Å². The van der Waals surface area contributed by atoms with Gasteiger partial charge in [-0.25, -0.2) is 4.98 Å². The molecule has 1 aromatic carbocycles. The topological polar surface area (TPSA) is 78.0 Å². The number of nitrogens with one attached hydrogen (secondary N) is 2. The van der Waals surface area contributed by atoms with E-state index in [2.05, 4.69) is 15.3 Å². The van der Waals surface area contributed by atoms with Crippen molar-refractivity contribution >= 4 is 17.5 Å². The summed E-state index contributed by atoms with van der Waals surface area (Å²) in [7, 11) is 0. The van der Waals surface area contributed by atoms with Gasteiger partial charge in [0.15, 0.2) is 0 Å². The Morgan fingerprint density at radius 3 is 2.79 bits per heavy atom. The molecule has 0 aliphatic heterocycles. The van der Waals surface area contributed by atoms with Crippen molar-refractivity contribution in [1.82, 2.24) is 15.3 Å². The van der Waals surface area contributed by atoms with E-state index in [1.807, 2.05) is 25.1 Å². The number of rotatable bonds is 4. The van der Waals surface area contributed by atoms with Crippen LogP contribution in [0.3, 0.4) is 0 Å². The Labute approximate surface area is 146 Å². The summed E-state index contributed by atoms with van der Waals surface area (Å²) >= 11 is 6.02. The van der Waals surface area contributed by atoms with Crippen LogP contribution in [-0.4, -0.2) is 33.6 Å². The predicted molar refractivity (Wildman–Crippen MR) is 94.1 cm³/mol. The number of halogens is 1. The Hall–Kier alpha value is -1.85. The highest BCUT2D eigenvalue weighted by molar-refractivity contribution is 6.30. The molecule has 1 aliphatic carbocycles. The number of aliphatic hydroxyl groups is 1. The molecule has 1 heterocycles. The number of imidazole rings is 1. The van der Waals surface area contributed by atoms with Gasteiger partial charge in [0.1, 0.15) is 11.5 Å². The summed E-state index contributed by atoms with van der Waals surface area (Å²) in [5.74, 6) is 0.869. The molecular weight excluding hydrogens is 326 g/mol. The minimum Gasteiger partial charge on any atom is -0.396 e. The fraction of sp³-hybridized carbons (Fsp3) is 0.444. The van der Waals surface area contributed by atoms with Crippen LogP contribution in [0, 0.1) is 12.8 Å². The summed E-state index contributed by atoms with van der Waals surface area (Å²) < 4.78 is 0. The number of hydrogen-bond donors (Lipinski definition) is 3. The van der Waals surface area contributed by atoms with E-state index in [4.69, 9.17) is 11.6 Å². The third kappa shape index (κ3) is 3.79. The average molecular weight is 348 g/mol. The molecule has 0 unspecified atom stereocenters. The first-order chi connectivity index (χ1) is 11.6. The number of aryl methyl sites for hydroxylation is 1. The van der Waals surface area contributed by atoms with Crippen molar-refractivity contribution in [2.45, 2.75) is 38.6 Å². The molecule has 5 nitrogen and oxygen atoms in total. The lowest BCUT2D eigenvalue weighted by molar-refractivity contribution is 0.0909. The Morgan fingerprint density at radius 2 is 2.12 bits per heavy atom. The number of aliphatic hydroxyl groups excluding tert-OH is 1. The zero-order valence-electron chi connectivity index (χ0n) is 13.7. The molecule has 0 radical (unpaired) electrons. The number of carbonyl (C=O) groups is 1. The Bertz CT molecular complexity index is 721. The summed E-state index contributed by atoms with van der Waals surface area (Å²) in [6.45, 7) is 2.08. The molecule has 3 N–H and O–H groups in total. The molecule has 3 rings (SSSR count). The lowest BCUT2D eigenvalue weighted by Gasteiger charge is -2.27. The van der Waals surface area contributed by atoms with E-state index in [1.165, 1.54) is 0 Å². The molecule has 6 heteroatoms. The molecular formula is C18H22ClN3O2. The Morgan fingerprint density at radius 1 is 1.38 bits per heavy atom. The van der Waals surface area contributed by atoms with Crippen molar-refractivity contribution < 1.29 is 9.90 Å². The van der Waals surface area contributed by atoms with Gasteiger partial charge in [-0.3, -0.25) is 4.79 Å². The summed E-state index contributed by atoms with van der Waals surface area (Å²) in [6, 6.07) is 7.54. The average Bonchev–Trinajstić information content (AvgIpc) is 2.97. The number of carbonyl (C=O) groups excluding carboxylic acids is 1. The number of hydrogen-bond acceptors (Lipinski definition) is 3. The molecule has 1 aromatic heterocycles. The SMILES string of the molecule is Cc1[nH]c(-c2cccc(Cl)c2)nc1C(=O)NC1CCC(CO)CC1. The number of aromatic nitrogens is 2. The molecule has 128 valence electrons. The lowest BCUT2D eigenvalue weighted by atomic mass is 9.86. The van der Waals surface area contributed by atoms with Crippen LogP contribution >= 0.6 is 11.6 Å². The monoisotopic (exact) mass is 347 g/mol. The summed E-state index contributed by atoms with van der Waals surface area (Å²) in [5.41, 5.74) is 2.02. The molecule has 24 heavy (non-hydrogen) atoms. The van der Waals surface area contributed by atoms with Crippen LogP contribution in [-0.2, 0) is 0 Å². The van der Waals surface area contributed by atoms with Gasteiger partial charge in [-0.1, -0.05) is 23.7 Å². The number of benzene rings is 1. The molecule has 0 saturated heterocycles. The predicted octanol–water partition coefficient (Wildman–Crippen LogP) is 3.32. The number of nitrogens with zero attached hydrogens (tertiary/aromatic N) is 1. The maximum Gasteiger partial charge on any atom is 0.271 e. The van der Waals surface area contributed by atoms with Crippen LogP contribution in [0.4, 0.5) is 0 Å². The second-order valence-corrected chi connectivity index (χ2v) is 6.88. The van der Waals surface area contributed by atoms with E-state index in [0.29, 0.717) is 22.5 Å². The second kappa shape index (κ2) is 7.36. The van der Waals surface area contributed by atoms with Gasteiger partial charge in [-0.05, 0) is 50.7 Å². The Kier molecular flexibility index (Phi) is 5.21. The molecule has 1 amide bonds. The molecule has 0 atom stereocenters. The lowest BCUT2D eigenvalue weighted by Crippen LogP contribution is -2.38. The van der Waals surface area contributed by atoms with E-state index in [9.17, 15) is 9.90 Å². The van der Waals surface area contributed by atoms with Crippen LogP contribution < -0.4 is 5.32 Å². The van der Waals surface area contributed by atoms with Crippen molar-refractivity contribution in [3.05, 3.63) is 40.7 Å². The van der Waals surface area contributed by atoms with Gasteiger partial charge < -0.3 is 15.4 Å². The largest absolute Gasteiger partial charge is 0.396 e. The van der Waals surface area contributed by atoms with E-state index < -0.39 is 0 Å². The van der Waals surface area contributed by atoms with Crippen molar-refractivity contribution in [2.24, 2.45) is 5.92 Å². The van der Waals surface area contributed by atoms with Crippen LogP contribution in [0.25, 0.3) is 11.4 Å². The maximum atomic E-state index is 12.5. The third-order valence-corrected chi connectivity index (χ3v) is 4.87. The fourth-order valence-corrected chi connectivity index (χ4v) is 3.39. The highest BCUT2D eigenvalue weighted by Crippen LogP contribution is 2.25. The van der Waals surface area contributed by atoms with Crippen LogP contribution in [0.5, 0.6) is 0 Å². The molecule has 0 bridgehead atoms. The molecule has 1 fully saturated rings. The second-order valence-electron chi connectivity index (χ2n) is 6.44. The van der Waals surface area contributed by atoms with Crippen LogP contribution in [0.2, 0.25) is 5.02 Å². The first-order valence-electron chi connectivity index (χ1n) is 8.31. The maximum absolute atomic E-state index is 12.5. The number of H-pyrrole nitrogens is 1. The first-order valence-corrected chi connectivity index (χ1v) is 8.69. The zero-order chi connectivity index (χ0) is 17.1. The fourth-order valence-electron chi connectivity index (χ4n) is 3.20.